The summed E-state index contributed by atoms with van der Waals surface area (Å²) in [7, 11) is 0. The highest BCUT2D eigenvalue weighted by atomic mass is 14.2. The molecular weight excluding hydrogens is 420 g/mol. The van der Waals surface area contributed by atoms with Crippen LogP contribution in [0.4, 0.5) is 0 Å². The number of benzene rings is 4. The van der Waals surface area contributed by atoms with E-state index in [4.69, 9.17) is 0 Å². The van der Waals surface area contributed by atoms with E-state index in [2.05, 4.69) is 109 Å². The van der Waals surface area contributed by atoms with Gasteiger partial charge in [-0.3, -0.25) is 0 Å². The molecule has 0 aliphatic heterocycles. The van der Waals surface area contributed by atoms with E-state index in [0.29, 0.717) is 0 Å². The lowest BCUT2D eigenvalue weighted by molar-refractivity contribution is 0.886. The molecule has 0 spiro atoms. The number of rotatable bonds is 3. The Morgan fingerprint density at radius 3 is 2.11 bits per heavy atom. The molecule has 0 atom stereocenters. The van der Waals surface area contributed by atoms with Crippen LogP contribution in [-0.2, 0) is 0 Å². The Hall–Kier alpha value is -3.90. The minimum atomic E-state index is 0.998. The Kier molecular flexibility index (Phi) is 4.91. The standard InChI is InChI=1S/C35H27/c1-3-11-24(12-4-1)28-19-20-29-22-33-32(30(29)21-28)23-31(25-13-5-2-6-14-25)34(26-15-7-8-16-26)35(33)27-17-9-10-18-27/h1-6,9-14,17,19-21,23H,7-8,15-16,18H2. The fourth-order valence-electron chi connectivity index (χ4n) is 6.06. The second-order valence-electron chi connectivity index (χ2n) is 9.85. The zero-order valence-corrected chi connectivity index (χ0v) is 19.9. The number of hydrogen-bond acceptors (Lipinski definition) is 0. The molecule has 1 saturated carbocycles. The van der Waals surface area contributed by atoms with Crippen molar-refractivity contribution in [1.82, 2.24) is 0 Å². The Morgan fingerprint density at radius 1 is 0.657 bits per heavy atom. The molecule has 0 amide bonds. The van der Waals surface area contributed by atoms with E-state index < -0.39 is 0 Å². The van der Waals surface area contributed by atoms with Crippen molar-refractivity contribution in [1.29, 1.82) is 0 Å². The van der Waals surface area contributed by atoms with Gasteiger partial charge in [-0.15, -0.1) is 0 Å². The van der Waals surface area contributed by atoms with Gasteiger partial charge in [-0.25, -0.2) is 0 Å². The van der Waals surface area contributed by atoms with E-state index >= 15 is 0 Å². The molecule has 0 heteroatoms. The lowest BCUT2D eigenvalue weighted by Gasteiger charge is -2.16. The quantitative estimate of drug-likeness (QED) is 0.270. The maximum atomic E-state index is 3.86. The van der Waals surface area contributed by atoms with Gasteiger partial charge in [0.05, 0.1) is 0 Å². The van der Waals surface area contributed by atoms with Gasteiger partial charge in [-0.1, -0.05) is 96.6 Å². The molecule has 0 aromatic heterocycles. The smallest absolute Gasteiger partial charge is 0.000730 e. The molecule has 4 aromatic carbocycles. The van der Waals surface area contributed by atoms with Crippen molar-refractivity contribution in [3.8, 4) is 22.3 Å². The summed E-state index contributed by atoms with van der Waals surface area (Å²) in [5.74, 6) is 0. The molecule has 3 aliphatic carbocycles. The average Bonchev–Trinajstić information content (AvgIpc) is 3.70. The van der Waals surface area contributed by atoms with Gasteiger partial charge in [0.2, 0.25) is 0 Å². The van der Waals surface area contributed by atoms with Crippen molar-refractivity contribution in [2.24, 2.45) is 0 Å². The molecule has 0 unspecified atom stereocenters. The Balaban J connectivity index is 1.64. The first-order chi connectivity index (χ1) is 17.4. The highest BCUT2D eigenvalue weighted by molar-refractivity contribution is 5.85. The maximum absolute atomic E-state index is 3.86. The summed E-state index contributed by atoms with van der Waals surface area (Å²) >= 11 is 0. The van der Waals surface area contributed by atoms with E-state index in [-0.39, 0.29) is 0 Å². The first-order valence-corrected chi connectivity index (χ1v) is 12.8. The lowest BCUT2D eigenvalue weighted by Crippen LogP contribution is -2.17. The van der Waals surface area contributed by atoms with Crippen molar-refractivity contribution >= 4 is 17.2 Å². The van der Waals surface area contributed by atoms with Crippen LogP contribution in [0, 0.1) is 10.4 Å². The Labute approximate surface area is 206 Å². The van der Waals surface area contributed by atoms with Crippen molar-refractivity contribution < 1.29 is 0 Å². The van der Waals surface area contributed by atoms with Crippen LogP contribution in [0.5, 0.6) is 0 Å². The normalized spacial score (nSPS) is 15.7. The third-order valence-corrected chi connectivity index (χ3v) is 7.74. The molecular formula is C35H27. The highest BCUT2D eigenvalue weighted by Crippen LogP contribution is 2.34. The molecule has 0 saturated heterocycles. The topological polar surface area (TPSA) is 0 Å². The molecule has 0 heterocycles. The van der Waals surface area contributed by atoms with Gasteiger partial charge in [0.1, 0.15) is 0 Å². The van der Waals surface area contributed by atoms with Crippen molar-refractivity contribution in [2.45, 2.75) is 32.1 Å². The summed E-state index contributed by atoms with van der Waals surface area (Å²) in [5, 5.41) is 5.31. The summed E-state index contributed by atoms with van der Waals surface area (Å²) in [6, 6.07) is 31.0. The van der Waals surface area contributed by atoms with E-state index in [1.54, 1.807) is 5.57 Å². The predicted molar refractivity (Wildman–Crippen MR) is 147 cm³/mol. The monoisotopic (exact) mass is 447 g/mol. The van der Waals surface area contributed by atoms with Gasteiger partial charge in [-0.2, -0.15) is 0 Å². The molecule has 0 N–H and O–H groups in total. The minimum absolute atomic E-state index is 0.998. The van der Waals surface area contributed by atoms with E-state index in [1.807, 2.05) is 0 Å². The lowest BCUT2D eigenvalue weighted by atomic mass is 9.87. The third-order valence-electron chi connectivity index (χ3n) is 7.74. The van der Waals surface area contributed by atoms with Crippen molar-refractivity contribution in [3.63, 3.8) is 0 Å². The molecule has 3 aliphatic rings. The van der Waals surface area contributed by atoms with E-state index in [1.165, 1.54) is 85.5 Å². The van der Waals surface area contributed by atoms with Crippen LogP contribution in [-0.4, -0.2) is 0 Å². The molecule has 167 valence electrons. The van der Waals surface area contributed by atoms with Gasteiger partial charge < -0.3 is 0 Å². The van der Waals surface area contributed by atoms with Crippen LogP contribution in [0.1, 0.15) is 43.2 Å². The van der Waals surface area contributed by atoms with Crippen LogP contribution in [0.15, 0.2) is 103 Å². The number of hydrogen-bond donors (Lipinski definition) is 0. The minimum Gasteiger partial charge on any atom is -0.0801 e. The van der Waals surface area contributed by atoms with Crippen LogP contribution in [0.2, 0.25) is 0 Å². The van der Waals surface area contributed by atoms with E-state index in [0.717, 1.165) is 6.42 Å². The first kappa shape index (κ1) is 20.5. The molecule has 4 aromatic rings. The molecule has 0 bridgehead atoms. The molecule has 35 heavy (non-hydrogen) atoms. The SMILES string of the molecule is [C]1=c2ccc(-c3ccccc3)cc2=c2cc(-c3ccccc3)c(=C3CCCC3)c(C3=CC=CC3)c21. The summed E-state index contributed by atoms with van der Waals surface area (Å²) in [4.78, 5) is 0. The second kappa shape index (κ2) is 8.40. The zero-order valence-electron chi connectivity index (χ0n) is 19.9. The molecule has 1 radical (unpaired) electrons. The van der Waals surface area contributed by atoms with Crippen LogP contribution < -0.4 is 10.4 Å². The van der Waals surface area contributed by atoms with Crippen LogP contribution in [0.25, 0.3) is 39.5 Å². The number of allylic oxidation sites excluding steroid dienone is 4. The molecule has 0 nitrogen and oxygen atoms in total. The summed E-state index contributed by atoms with van der Waals surface area (Å²) in [5.41, 5.74) is 11.0. The van der Waals surface area contributed by atoms with Crippen molar-refractivity contribution in [3.05, 3.63) is 135 Å². The highest BCUT2D eigenvalue weighted by Gasteiger charge is 2.21. The molecule has 7 rings (SSSR count). The number of fused-ring (bicyclic) bond motifs is 2. The van der Waals surface area contributed by atoms with E-state index in [9.17, 15) is 0 Å². The van der Waals surface area contributed by atoms with Gasteiger partial charge in [-0.05, 0) is 110 Å². The van der Waals surface area contributed by atoms with Crippen LogP contribution in [0.3, 0.4) is 0 Å². The van der Waals surface area contributed by atoms with Crippen LogP contribution >= 0.6 is 0 Å². The largest absolute Gasteiger partial charge is 0.0801 e. The Bertz CT molecular complexity index is 1730. The second-order valence-corrected chi connectivity index (χ2v) is 9.85. The van der Waals surface area contributed by atoms with Gasteiger partial charge in [0.25, 0.3) is 0 Å². The van der Waals surface area contributed by atoms with Gasteiger partial charge >= 0.3 is 0 Å². The summed E-state index contributed by atoms with van der Waals surface area (Å²) in [6.07, 6.45) is 16.7. The summed E-state index contributed by atoms with van der Waals surface area (Å²) in [6.45, 7) is 0. The molecule has 1 fully saturated rings. The summed E-state index contributed by atoms with van der Waals surface area (Å²) < 4.78 is 0. The fourth-order valence-corrected chi connectivity index (χ4v) is 6.06. The Morgan fingerprint density at radius 2 is 1.40 bits per heavy atom. The fraction of sp³-hybridized carbons (Fsp3) is 0.143. The first-order valence-electron chi connectivity index (χ1n) is 12.8. The average molecular weight is 448 g/mol. The third kappa shape index (κ3) is 3.44. The van der Waals surface area contributed by atoms with Gasteiger partial charge in [0, 0.05) is 0 Å². The van der Waals surface area contributed by atoms with Crippen molar-refractivity contribution in [2.75, 3.05) is 0 Å². The predicted octanol–water partition coefficient (Wildman–Crippen LogP) is 7.39. The van der Waals surface area contributed by atoms with Gasteiger partial charge in [0.15, 0.2) is 0 Å². The zero-order chi connectivity index (χ0) is 23.2. The maximum Gasteiger partial charge on any atom is -0.000730 e.